The van der Waals surface area contributed by atoms with Crippen LogP contribution in [0.5, 0.6) is 0 Å². The average molecular weight is 364 g/mol. The maximum absolute atomic E-state index is 12.1. The van der Waals surface area contributed by atoms with Crippen LogP contribution in [0.1, 0.15) is 17.8 Å². The van der Waals surface area contributed by atoms with Crippen molar-refractivity contribution in [3.63, 3.8) is 0 Å². The highest BCUT2D eigenvalue weighted by Gasteiger charge is 2.07. The monoisotopic (exact) mass is 364 g/mol. The summed E-state index contributed by atoms with van der Waals surface area (Å²) in [6, 6.07) is 15.8. The fraction of sp³-hybridized carbons (Fsp3) is 0.250. The van der Waals surface area contributed by atoms with E-state index in [1.54, 1.807) is 0 Å². The van der Waals surface area contributed by atoms with Crippen LogP contribution < -0.4 is 5.69 Å². The summed E-state index contributed by atoms with van der Waals surface area (Å²) >= 11 is 1.83. The van der Waals surface area contributed by atoms with E-state index in [0.29, 0.717) is 0 Å². The van der Waals surface area contributed by atoms with Gasteiger partial charge >= 0.3 is 5.69 Å². The SMILES string of the molecule is Cc1nc2ccccc2nc1CSCCCn1c(=O)[nH]c2ccccc21. The second-order valence-electron chi connectivity index (χ2n) is 6.25. The minimum atomic E-state index is -0.0348. The lowest BCUT2D eigenvalue weighted by molar-refractivity contribution is 0.679. The Morgan fingerprint density at radius 2 is 1.77 bits per heavy atom. The van der Waals surface area contributed by atoms with Gasteiger partial charge in [0.2, 0.25) is 0 Å². The van der Waals surface area contributed by atoms with Crippen molar-refractivity contribution in [3.05, 3.63) is 70.4 Å². The summed E-state index contributed by atoms with van der Waals surface area (Å²) < 4.78 is 1.82. The lowest BCUT2D eigenvalue weighted by Gasteiger charge is -2.07. The standard InChI is InChI=1S/C20H20N4OS/c1-14-18(22-16-8-3-2-7-15(16)21-14)13-26-12-6-11-24-19-10-5-4-9-17(19)23-20(24)25/h2-5,7-10H,6,11-13H2,1H3,(H,23,25). The van der Waals surface area contributed by atoms with Crippen molar-refractivity contribution in [1.29, 1.82) is 0 Å². The molecule has 0 fully saturated rings. The fourth-order valence-electron chi connectivity index (χ4n) is 3.08. The minimum absolute atomic E-state index is 0.0348. The topological polar surface area (TPSA) is 63.6 Å². The molecule has 0 aliphatic carbocycles. The molecule has 0 bridgehead atoms. The summed E-state index contributed by atoms with van der Waals surface area (Å²) in [6.07, 6.45) is 0.937. The lowest BCUT2D eigenvalue weighted by Crippen LogP contribution is -2.17. The highest BCUT2D eigenvalue weighted by molar-refractivity contribution is 7.98. The number of para-hydroxylation sites is 4. The van der Waals surface area contributed by atoms with Gasteiger partial charge < -0.3 is 4.98 Å². The molecular formula is C20H20N4OS. The quantitative estimate of drug-likeness (QED) is 0.527. The molecule has 0 amide bonds. The molecule has 0 spiro atoms. The number of hydrogen-bond acceptors (Lipinski definition) is 4. The molecule has 5 nitrogen and oxygen atoms in total. The number of H-pyrrole nitrogens is 1. The largest absolute Gasteiger partial charge is 0.326 e. The maximum atomic E-state index is 12.1. The summed E-state index contributed by atoms with van der Waals surface area (Å²) in [5.41, 5.74) is 5.75. The van der Waals surface area contributed by atoms with E-state index in [4.69, 9.17) is 4.98 Å². The van der Waals surface area contributed by atoms with Crippen LogP contribution in [0.4, 0.5) is 0 Å². The molecule has 4 rings (SSSR count). The van der Waals surface area contributed by atoms with Gasteiger partial charge in [-0.05, 0) is 43.4 Å². The van der Waals surface area contributed by atoms with Gasteiger partial charge in [-0.25, -0.2) is 14.8 Å². The molecule has 0 saturated carbocycles. The lowest BCUT2D eigenvalue weighted by atomic mass is 10.2. The van der Waals surface area contributed by atoms with Crippen molar-refractivity contribution >= 4 is 33.8 Å². The fourth-order valence-corrected chi connectivity index (χ4v) is 4.03. The van der Waals surface area contributed by atoms with Crippen LogP contribution in [0.3, 0.4) is 0 Å². The highest BCUT2D eigenvalue weighted by Crippen LogP contribution is 2.18. The smallest absolute Gasteiger partial charge is 0.306 e. The Labute approximate surface area is 155 Å². The van der Waals surface area contributed by atoms with Gasteiger partial charge in [-0.15, -0.1) is 0 Å². The maximum Gasteiger partial charge on any atom is 0.326 e. The summed E-state index contributed by atoms with van der Waals surface area (Å²) in [5.74, 6) is 1.81. The number of fused-ring (bicyclic) bond motifs is 2. The van der Waals surface area contributed by atoms with Crippen LogP contribution in [-0.4, -0.2) is 25.3 Å². The van der Waals surface area contributed by atoms with E-state index in [-0.39, 0.29) is 5.69 Å². The zero-order valence-corrected chi connectivity index (χ0v) is 15.4. The van der Waals surface area contributed by atoms with E-state index in [2.05, 4.69) is 9.97 Å². The Bertz CT molecular complexity index is 1120. The van der Waals surface area contributed by atoms with E-state index in [1.807, 2.05) is 71.8 Å². The summed E-state index contributed by atoms with van der Waals surface area (Å²) in [5, 5.41) is 0. The van der Waals surface area contributed by atoms with Gasteiger partial charge in [0.25, 0.3) is 0 Å². The van der Waals surface area contributed by atoms with Gasteiger partial charge in [0.15, 0.2) is 0 Å². The van der Waals surface area contributed by atoms with Crippen molar-refractivity contribution in [2.45, 2.75) is 25.6 Å². The Morgan fingerprint density at radius 3 is 2.62 bits per heavy atom. The molecule has 0 aliphatic heterocycles. The van der Waals surface area contributed by atoms with Crippen molar-refractivity contribution in [2.24, 2.45) is 0 Å². The molecule has 2 aromatic heterocycles. The van der Waals surface area contributed by atoms with Gasteiger partial charge in [0.1, 0.15) is 0 Å². The first-order valence-electron chi connectivity index (χ1n) is 8.70. The van der Waals surface area contributed by atoms with Crippen LogP contribution in [0.2, 0.25) is 0 Å². The third kappa shape index (κ3) is 3.37. The number of imidazole rings is 1. The number of aromatic nitrogens is 4. The third-order valence-electron chi connectivity index (χ3n) is 4.43. The Hall–Kier alpha value is -2.60. The molecule has 0 saturated heterocycles. The molecule has 0 unspecified atom stereocenters. The molecule has 0 radical (unpaired) electrons. The summed E-state index contributed by atoms with van der Waals surface area (Å²) in [7, 11) is 0. The molecular weight excluding hydrogens is 344 g/mol. The van der Waals surface area contributed by atoms with Gasteiger partial charge in [0.05, 0.1) is 33.5 Å². The molecule has 4 aromatic rings. The number of aryl methyl sites for hydroxylation is 2. The predicted molar refractivity (Wildman–Crippen MR) is 108 cm³/mol. The molecule has 2 heterocycles. The van der Waals surface area contributed by atoms with Crippen LogP contribution in [0.15, 0.2) is 53.3 Å². The van der Waals surface area contributed by atoms with E-state index in [9.17, 15) is 4.79 Å². The Kier molecular flexibility index (Phi) is 4.75. The van der Waals surface area contributed by atoms with E-state index < -0.39 is 0 Å². The zero-order chi connectivity index (χ0) is 17.9. The van der Waals surface area contributed by atoms with Gasteiger partial charge in [-0.3, -0.25) is 4.57 Å². The third-order valence-corrected chi connectivity index (χ3v) is 5.49. The van der Waals surface area contributed by atoms with Crippen molar-refractivity contribution in [3.8, 4) is 0 Å². The first-order chi connectivity index (χ1) is 12.7. The number of nitrogens with one attached hydrogen (secondary N) is 1. The Balaban J connectivity index is 1.36. The van der Waals surface area contributed by atoms with Crippen LogP contribution in [0.25, 0.3) is 22.1 Å². The highest BCUT2D eigenvalue weighted by atomic mass is 32.2. The molecule has 1 N–H and O–H groups in total. The van der Waals surface area contributed by atoms with Crippen molar-refractivity contribution in [2.75, 3.05) is 5.75 Å². The van der Waals surface area contributed by atoms with Gasteiger partial charge in [-0.2, -0.15) is 11.8 Å². The van der Waals surface area contributed by atoms with Crippen LogP contribution in [0, 0.1) is 6.92 Å². The van der Waals surface area contributed by atoms with Gasteiger partial charge in [0, 0.05) is 12.3 Å². The average Bonchev–Trinajstić information content (AvgIpc) is 2.97. The molecule has 6 heteroatoms. The van der Waals surface area contributed by atoms with Crippen molar-refractivity contribution in [1.82, 2.24) is 19.5 Å². The first-order valence-corrected chi connectivity index (χ1v) is 9.85. The number of nitrogens with zero attached hydrogens (tertiary/aromatic N) is 3. The second kappa shape index (κ2) is 7.33. The van der Waals surface area contributed by atoms with Crippen LogP contribution in [-0.2, 0) is 12.3 Å². The van der Waals surface area contributed by atoms with Crippen LogP contribution >= 0.6 is 11.8 Å². The van der Waals surface area contributed by atoms with E-state index in [1.165, 1.54) is 0 Å². The number of thioether (sulfide) groups is 1. The van der Waals surface area contributed by atoms with E-state index >= 15 is 0 Å². The molecule has 0 atom stereocenters. The van der Waals surface area contributed by atoms with Gasteiger partial charge in [-0.1, -0.05) is 24.3 Å². The summed E-state index contributed by atoms with van der Waals surface area (Å²) in [6.45, 7) is 2.74. The molecule has 0 aliphatic rings. The Morgan fingerprint density at radius 1 is 1.04 bits per heavy atom. The normalized spacial score (nSPS) is 11.4. The second-order valence-corrected chi connectivity index (χ2v) is 7.35. The molecule has 132 valence electrons. The number of rotatable bonds is 6. The minimum Gasteiger partial charge on any atom is -0.306 e. The molecule has 2 aromatic carbocycles. The van der Waals surface area contributed by atoms with Crippen molar-refractivity contribution < 1.29 is 0 Å². The van der Waals surface area contributed by atoms with E-state index in [0.717, 1.165) is 57.9 Å². The number of hydrogen-bond donors (Lipinski definition) is 1. The molecule has 26 heavy (non-hydrogen) atoms. The predicted octanol–water partition coefficient (Wildman–Crippen LogP) is 3.90. The zero-order valence-electron chi connectivity index (χ0n) is 14.6. The first kappa shape index (κ1) is 16.8. The number of aromatic amines is 1. The number of benzene rings is 2. The summed E-state index contributed by atoms with van der Waals surface area (Å²) in [4.78, 5) is 24.3.